The maximum Gasteiger partial charge on any atom is 0.0756 e. The Labute approximate surface area is 110 Å². The van der Waals surface area contributed by atoms with E-state index in [-0.39, 0.29) is 0 Å². The molecule has 1 aromatic rings. The van der Waals surface area contributed by atoms with Gasteiger partial charge in [-0.05, 0) is 50.1 Å². The molecule has 0 aromatic heterocycles. The number of ether oxygens (including phenoxy) is 1. The molecule has 1 aromatic carbocycles. The molecule has 1 heterocycles. The van der Waals surface area contributed by atoms with Crippen LogP contribution in [-0.2, 0) is 11.2 Å². The molecule has 2 fully saturated rings. The molecule has 98 valence electrons. The van der Waals surface area contributed by atoms with Gasteiger partial charge in [-0.15, -0.1) is 0 Å². The third-order valence-electron chi connectivity index (χ3n) is 4.11. The molecule has 0 bridgehead atoms. The fourth-order valence-corrected chi connectivity index (χ4v) is 2.94. The molecule has 1 N–H and O–H groups in total. The summed E-state index contributed by atoms with van der Waals surface area (Å²) in [5, 5.41) is 3.70. The summed E-state index contributed by atoms with van der Waals surface area (Å²) in [5.41, 5.74) is 1.45. The largest absolute Gasteiger partial charge is 0.376 e. The highest BCUT2D eigenvalue weighted by Gasteiger charge is 2.40. The maximum absolute atomic E-state index is 5.84. The van der Waals surface area contributed by atoms with Gasteiger partial charge in [0.2, 0.25) is 0 Å². The first kappa shape index (κ1) is 12.2. The van der Waals surface area contributed by atoms with E-state index >= 15 is 0 Å². The van der Waals surface area contributed by atoms with E-state index in [0.29, 0.717) is 12.1 Å². The molecular formula is C16H23NO. The predicted octanol–water partition coefficient (Wildman–Crippen LogP) is 2.78. The van der Waals surface area contributed by atoms with Gasteiger partial charge >= 0.3 is 0 Å². The van der Waals surface area contributed by atoms with E-state index in [1.165, 1.54) is 37.7 Å². The molecule has 2 unspecified atom stereocenters. The summed E-state index contributed by atoms with van der Waals surface area (Å²) in [6.45, 7) is 2.07. The van der Waals surface area contributed by atoms with Crippen LogP contribution in [0.1, 0.15) is 31.2 Å². The first-order valence-corrected chi connectivity index (χ1v) is 7.32. The molecule has 1 aliphatic heterocycles. The first-order valence-electron chi connectivity index (χ1n) is 7.32. The number of hydrogen-bond acceptors (Lipinski definition) is 2. The van der Waals surface area contributed by atoms with Crippen LogP contribution in [0.5, 0.6) is 0 Å². The van der Waals surface area contributed by atoms with Crippen LogP contribution in [0.25, 0.3) is 0 Å². The molecular weight excluding hydrogens is 222 g/mol. The van der Waals surface area contributed by atoms with Crippen LogP contribution in [0.2, 0.25) is 0 Å². The van der Waals surface area contributed by atoms with Gasteiger partial charge in [-0.25, -0.2) is 0 Å². The van der Waals surface area contributed by atoms with Gasteiger partial charge in [0.05, 0.1) is 6.10 Å². The first-order chi connectivity index (χ1) is 8.93. The Hall–Kier alpha value is -0.860. The van der Waals surface area contributed by atoms with Gasteiger partial charge in [0, 0.05) is 12.6 Å². The molecule has 2 nitrogen and oxygen atoms in total. The zero-order valence-corrected chi connectivity index (χ0v) is 11.0. The Bertz CT molecular complexity index is 361. The van der Waals surface area contributed by atoms with Crippen molar-refractivity contribution in [2.45, 2.75) is 44.2 Å². The smallest absolute Gasteiger partial charge is 0.0756 e. The van der Waals surface area contributed by atoms with Crippen molar-refractivity contribution in [3.63, 3.8) is 0 Å². The Kier molecular flexibility index (Phi) is 3.96. The SMILES string of the molecule is c1ccc(CCCNC2CCOC2C2CC2)cc1. The minimum Gasteiger partial charge on any atom is -0.376 e. The monoisotopic (exact) mass is 245 g/mol. The quantitative estimate of drug-likeness (QED) is 0.778. The second-order valence-electron chi connectivity index (χ2n) is 5.61. The van der Waals surface area contributed by atoms with Crippen molar-refractivity contribution in [3.05, 3.63) is 35.9 Å². The molecule has 0 spiro atoms. The molecule has 1 saturated heterocycles. The number of hydrogen-bond donors (Lipinski definition) is 1. The number of benzene rings is 1. The summed E-state index contributed by atoms with van der Waals surface area (Å²) in [5.74, 6) is 0.860. The van der Waals surface area contributed by atoms with Gasteiger partial charge in [0.25, 0.3) is 0 Å². The highest BCUT2D eigenvalue weighted by molar-refractivity contribution is 5.14. The molecule has 2 aliphatic rings. The van der Waals surface area contributed by atoms with Crippen molar-refractivity contribution < 1.29 is 4.74 Å². The minimum atomic E-state index is 0.515. The van der Waals surface area contributed by atoms with E-state index in [0.717, 1.165) is 19.1 Å². The average Bonchev–Trinajstić information content (AvgIpc) is 3.16. The van der Waals surface area contributed by atoms with Crippen molar-refractivity contribution in [2.75, 3.05) is 13.2 Å². The van der Waals surface area contributed by atoms with Crippen molar-refractivity contribution in [1.29, 1.82) is 0 Å². The van der Waals surface area contributed by atoms with Crippen molar-refractivity contribution in [1.82, 2.24) is 5.32 Å². The van der Waals surface area contributed by atoms with Crippen LogP contribution in [-0.4, -0.2) is 25.3 Å². The van der Waals surface area contributed by atoms with E-state index in [1.54, 1.807) is 0 Å². The van der Waals surface area contributed by atoms with Gasteiger partial charge in [-0.1, -0.05) is 30.3 Å². The van der Waals surface area contributed by atoms with Gasteiger partial charge in [-0.3, -0.25) is 0 Å². The van der Waals surface area contributed by atoms with Crippen LogP contribution in [0.4, 0.5) is 0 Å². The summed E-state index contributed by atoms with van der Waals surface area (Å²) >= 11 is 0. The molecule has 0 amide bonds. The highest BCUT2D eigenvalue weighted by Crippen LogP contribution is 2.38. The van der Waals surface area contributed by atoms with Crippen LogP contribution in [0.3, 0.4) is 0 Å². The lowest BCUT2D eigenvalue weighted by Gasteiger charge is -2.19. The van der Waals surface area contributed by atoms with Crippen LogP contribution in [0, 0.1) is 5.92 Å². The fraction of sp³-hybridized carbons (Fsp3) is 0.625. The predicted molar refractivity (Wildman–Crippen MR) is 73.6 cm³/mol. The summed E-state index contributed by atoms with van der Waals surface area (Å²) in [7, 11) is 0. The summed E-state index contributed by atoms with van der Waals surface area (Å²) in [4.78, 5) is 0. The lowest BCUT2D eigenvalue weighted by molar-refractivity contribution is 0.0812. The van der Waals surface area contributed by atoms with E-state index < -0.39 is 0 Å². The zero-order chi connectivity index (χ0) is 12.2. The Morgan fingerprint density at radius 1 is 1.11 bits per heavy atom. The van der Waals surface area contributed by atoms with Crippen molar-refractivity contribution in [3.8, 4) is 0 Å². The highest BCUT2D eigenvalue weighted by atomic mass is 16.5. The maximum atomic E-state index is 5.84. The van der Waals surface area contributed by atoms with E-state index in [9.17, 15) is 0 Å². The molecule has 1 aliphatic carbocycles. The van der Waals surface area contributed by atoms with Crippen LogP contribution < -0.4 is 5.32 Å². The Balaban J connectivity index is 1.37. The molecule has 3 rings (SSSR count). The molecule has 18 heavy (non-hydrogen) atoms. The second-order valence-corrected chi connectivity index (χ2v) is 5.61. The Morgan fingerprint density at radius 3 is 2.72 bits per heavy atom. The number of rotatable bonds is 6. The van der Waals surface area contributed by atoms with Gasteiger partial charge in [0.15, 0.2) is 0 Å². The molecule has 2 heteroatoms. The third-order valence-corrected chi connectivity index (χ3v) is 4.11. The van der Waals surface area contributed by atoms with Gasteiger partial charge in [0.1, 0.15) is 0 Å². The van der Waals surface area contributed by atoms with Gasteiger partial charge < -0.3 is 10.1 Å². The lowest BCUT2D eigenvalue weighted by Crippen LogP contribution is -2.38. The summed E-state index contributed by atoms with van der Waals surface area (Å²) < 4.78 is 5.84. The summed E-state index contributed by atoms with van der Waals surface area (Å²) in [6.07, 6.45) is 6.88. The van der Waals surface area contributed by atoms with Crippen LogP contribution >= 0.6 is 0 Å². The number of nitrogens with one attached hydrogen (secondary N) is 1. The lowest BCUT2D eigenvalue weighted by atomic mass is 10.1. The molecule has 2 atom stereocenters. The topological polar surface area (TPSA) is 21.3 Å². The molecule has 1 saturated carbocycles. The van der Waals surface area contributed by atoms with Crippen molar-refractivity contribution >= 4 is 0 Å². The minimum absolute atomic E-state index is 0.515. The second kappa shape index (κ2) is 5.85. The van der Waals surface area contributed by atoms with E-state index in [2.05, 4.69) is 35.6 Å². The van der Waals surface area contributed by atoms with Crippen molar-refractivity contribution in [2.24, 2.45) is 5.92 Å². The summed E-state index contributed by atoms with van der Waals surface area (Å²) in [6, 6.07) is 11.4. The normalized spacial score (nSPS) is 27.6. The zero-order valence-electron chi connectivity index (χ0n) is 11.0. The fourth-order valence-electron chi connectivity index (χ4n) is 2.94. The standard InChI is InChI=1S/C16H23NO/c1-2-5-13(6-3-1)7-4-11-17-15-10-12-18-16(15)14-8-9-14/h1-3,5-6,14-17H,4,7-12H2. The number of aryl methyl sites for hydroxylation is 1. The van der Waals surface area contributed by atoms with Crippen LogP contribution in [0.15, 0.2) is 30.3 Å². The Morgan fingerprint density at radius 2 is 1.94 bits per heavy atom. The van der Waals surface area contributed by atoms with E-state index in [1.807, 2.05) is 0 Å². The van der Waals surface area contributed by atoms with Gasteiger partial charge in [-0.2, -0.15) is 0 Å². The average molecular weight is 245 g/mol. The molecule has 0 radical (unpaired) electrons. The third kappa shape index (κ3) is 3.12. The van der Waals surface area contributed by atoms with E-state index in [4.69, 9.17) is 4.74 Å².